The van der Waals surface area contributed by atoms with Crippen molar-refractivity contribution in [2.75, 3.05) is 13.1 Å². The van der Waals surface area contributed by atoms with Gasteiger partial charge < -0.3 is 4.90 Å². The highest BCUT2D eigenvalue weighted by atomic mass is 32.2. The van der Waals surface area contributed by atoms with Crippen LogP contribution in [0.15, 0.2) is 71.6 Å². The van der Waals surface area contributed by atoms with E-state index in [9.17, 15) is 17.6 Å². The van der Waals surface area contributed by atoms with E-state index in [1.54, 1.807) is 4.90 Å². The smallest absolute Gasteiger partial charge is 0.222 e. The third kappa shape index (κ3) is 4.24. The molecular weight excluding hydrogens is 401 g/mol. The molecule has 0 bridgehead atoms. The van der Waals surface area contributed by atoms with Crippen LogP contribution < -0.4 is 0 Å². The van der Waals surface area contributed by atoms with E-state index in [1.165, 1.54) is 24.3 Å². The number of rotatable bonds is 5. The van der Waals surface area contributed by atoms with Gasteiger partial charge in [0.25, 0.3) is 0 Å². The zero-order valence-corrected chi connectivity index (χ0v) is 17.4. The van der Waals surface area contributed by atoms with Crippen LogP contribution in [0.5, 0.6) is 0 Å². The van der Waals surface area contributed by atoms with E-state index in [2.05, 4.69) is 24.3 Å². The van der Waals surface area contributed by atoms with Crippen molar-refractivity contribution in [1.82, 2.24) is 4.90 Å². The van der Waals surface area contributed by atoms with Crippen LogP contribution in [0, 0.1) is 5.82 Å². The SMILES string of the molecule is O=C(CCc1cccc2ccccc12)N1CCC(S(=O)(=O)c2ccc(F)cc2)CC1. The Balaban J connectivity index is 1.36. The van der Waals surface area contributed by atoms with E-state index in [4.69, 9.17) is 0 Å². The third-order valence-electron chi connectivity index (χ3n) is 5.86. The molecule has 3 aromatic rings. The highest BCUT2D eigenvalue weighted by Gasteiger charge is 2.32. The fourth-order valence-electron chi connectivity index (χ4n) is 4.14. The lowest BCUT2D eigenvalue weighted by molar-refractivity contribution is -0.132. The summed E-state index contributed by atoms with van der Waals surface area (Å²) in [5, 5.41) is 1.79. The largest absolute Gasteiger partial charge is 0.343 e. The number of nitrogens with zero attached hydrogens (tertiary/aromatic N) is 1. The Hall–Kier alpha value is -2.73. The Bertz CT molecular complexity index is 1150. The van der Waals surface area contributed by atoms with Crippen molar-refractivity contribution in [3.8, 4) is 0 Å². The molecule has 30 heavy (non-hydrogen) atoms. The number of sulfone groups is 1. The lowest BCUT2D eigenvalue weighted by Crippen LogP contribution is -2.42. The number of fused-ring (bicyclic) bond motifs is 1. The van der Waals surface area contributed by atoms with Crippen molar-refractivity contribution in [3.05, 3.63) is 78.1 Å². The predicted octanol–water partition coefficient (Wildman–Crippen LogP) is 4.38. The van der Waals surface area contributed by atoms with Gasteiger partial charge in [-0.15, -0.1) is 0 Å². The summed E-state index contributed by atoms with van der Waals surface area (Å²) in [7, 11) is -3.51. The summed E-state index contributed by atoms with van der Waals surface area (Å²) < 4.78 is 38.7. The summed E-state index contributed by atoms with van der Waals surface area (Å²) in [5.74, 6) is -0.402. The van der Waals surface area contributed by atoms with Crippen LogP contribution >= 0.6 is 0 Å². The van der Waals surface area contributed by atoms with Crippen molar-refractivity contribution < 1.29 is 17.6 Å². The van der Waals surface area contributed by atoms with Gasteiger partial charge in [0.15, 0.2) is 9.84 Å². The molecule has 4 nitrogen and oxygen atoms in total. The number of hydrogen-bond acceptors (Lipinski definition) is 3. The molecule has 1 fully saturated rings. The van der Waals surface area contributed by atoms with Crippen molar-refractivity contribution in [2.24, 2.45) is 0 Å². The highest BCUT2D eigenvalue weighted by molar-refractivity contribution is 7.92. The fraction of sp³-hybridized carbons (Fsp3) is 0.292. The van der Waals surface area contributed by atoms with Crippen molar-refractivity contribution in [3.63, 3.8) is 0 Å². The van der Waals surface area contributed by atoms with E-state index < -0.39 is 20.9 Å². The summed E-state index contributed by atoms with van der Waals surface area (Å²) in [6.45, 7) is 0.860. The topological polar surface area (TPSA) is 54.5 Å². The van der Waals surface area contributed by atoms with Gasteiger partial charge in [-0.2, -0.15) is 0 Å². The second-order valence-corrected chi connectivity index (χ2v) is 9.95. The molecule has 0 unspecified atom stereocenters. The Kier molecular flexibility index (Phi) is 5.86. The van der Waals surface area contributed by atoms with Crippen LogP contribution in [0.25, 0.3) is 10.8 Å². The third-order valence-corrected chi connectivity index (χ3v) is 8.14. The molecule has 1 aliphatic rings. The predicted molar refractivity (Wildman–Crippen MR) is 115 cm³/mol. The number of carbonyl (C=O) groups is 1. The summed E-state index contributed by atoms with van der Waals surface area (Å²) >= 11 is 0. The number of piperidine rings is 1. The van der Waals surface area contributed by atoms with Gasteiger partial charge in [-0.25, -0.2) is 12.8 Å². The Morgan fingerprint density at radius 2 is 1.60 bits per heavy atom. The molecule has 0 aromatic heterocycles. The molecule has 0 radical (unpaired) electrons. The van der Waals surface area contributed by atoms with Gasteiger partial charge in [0.2, 0.25) is 5.91 Å². The number of benzene rings is 3. The maximum Gasteiger partial charge on any atom is 0.222 e. The molecule has 1 saturated heterocycles. The zero-order valence-electron chi connectivity index (χ0n) is 16.6. The summed E-state index contributed by atoms with van der Waals surface area (Å²) in [6, 6.07) is 19.2. The van der Waals surface area contributed by atoms with Crippen LogP contribution in [-0.4, -0.2) is 37.6 Å². The molecule has 1 aliphatic heterocycles. The van der Waals surface area contributed by atoms with Crippen molar-refractivity contribution >= 4 is 26.5 Å². The number of likely N-dealkylation sites (tertiary alicyclic amines) is 1. The monoisotopic (exact) mass is 425 g/mol. The average molecular weight is 426 g/mol. The van der Waals surface area contributed by atoms with Crippen LogP contribution in [0.4, 0.5) is 4.39 Å². The van der Waals surface area contributed by atoms with Gasteiger partial charge >= 0.3 is 0 Å². The molecule has 4 rings (SSSR count). The molecular formula is C24H24FNO3S. The number of carbonyl (C=O) groups excluding carboxylic acids is 1. The minimum absolute atomic E-state index is 0.0561. The zero-order chi connectivity index (χ0) is 21.1. The van der Waals surface area contributed by atoms with Gasteiger partial charge in [-0.3, -0.25) is 4.79 Å². The van der Waals surface area contributed by atoms with Crippen LogP contribution in [0.1, 0.15) is 24.8 Å². The van der Waals surface area contributed by atoms with E-state index >= 15 is 0 Å². The first kappa shape index (κ1) is 20.5. The van der Waals surface area contributed by atoms with Gasteiger partial charge in [0.05, 0.1) is 10.1 Å². The minimum atomic E-state index is -3.51. The summed E-state index contributed by atoms with van der Waals surface area (Å²) in [4.78, 5) is 14.6. The number of halogens is 1. The normalized spacial score (nSPS) is 15.4. The Morgan fingerprint density at radius 3 is 2.33 bits per heavy atom. The first-order chi connectivity index (χ1) is 14.4. The molecule has 0 saturated carbocycles. The van der Waals surface area contributed by atoms with Crippen molar-refractivity contribution in [2.45, 2.75) is 35.8 Å². The van der Waals surface area contributed by atoms with E-state index in [1.807, 2.05) is 18.2 Å². The summed E-state index contributed by atoms with van der Waals surface area (Å²) in [6.07, 6.45) is 1.87. The Morgan fingerprint density at radius 1 is 0.933 bits per heavy atom. The molecule has 0 atom stereocenters. The van der Waals surface area contributed by atoms with Gasteiger partial charge in [-0.1, -0.05) is 42.5 Å². The molecule has 0 N–H and O–H groups in total. The van der Waals surface area contributed by atoms with E-state index in [-0.39, 0.29) is 10.8 Å². The second-order valence-electron chi connectivity index (χ2n) is 7.72. The van der Waals surface area contributed by atoms with Gasteiger partial charge in [0.1, 0.15) is 5.82 Å². The number of aryl methyl sites for hydroxylation is 1. The van der Waals surface area contributed by atoms with Crippen molar-refractivity contribution in [1.29, 1.82) is 0 Å². The van der Waals surface area contributed by atoms with E-state index in [0.29, 0.717) is 38.8 Å². The molecule has 3 aromatic carbocycles. The molecule has 1 amide bonds. The fourth-order valence-corrected chi connectivity index (χ4v) is 5.87. The maximum atomic E-state index is 13.1. The van der Waals surface area contributed by atoms with Crippen LogP contribution in [0.2, 0.25) is 0 Å². The Labute approximate surface area is 176 Å². The molecule has 0 spiro atoms. The summed E-state index contributed by atoms with van der Waals surface area (Å²) in [5.41, 5.74) is 1.15. The van der Waals surface area contributed by atoms with E-state index in [0.717, 1.165) is 16.3 Å². The quantitative estimate of drug-likeness (QED) is 0.570. The first-order valence-corrected chi connectivity index (χ1v) is 11.7. The molecule has 156 valence electrons. The minimum Gasteiger partial charge on any atom is -0.343 e. The number of hydrogen-bond donors (Lipinski definition) is 0. The van der Waals surface area contributed by atoms with Crippen LogP contribution in [-0.2, 0) is 21.1 Å². The standard InChI is InChI=1S/C24H24FNO3S/c25-20-9-11-21(12-10-20)30(28,29)22-14-16-26(17-15-22)24(27)13-8-19-6-3-5-18-4-1-2-7-23(18)19/h1-7,9-12,22H,8,13-17H2. The second kappa shape index (κ2) is 8.56. The van der Waals surface area contributed by atoms with Gasteiger partial charge in [-0.05, 0) is 59.9 Å². The first-order valence-electron chi connectivity index (χ1n) is 10.2. The lowest BCUT2D eigenvalue weighted by atomic mass is 10.0. The maximum absolute atomic E-state index is 13.1. The highest BCUT2D eigenvalue weighted by Crippen LogP contribution is 2.26. The molecule has 6 heteroatoms. The van der Waals surface area contributed by atoms with Crippen LogP contribution in [0.3, 0.4) is 0 Å². The number of amides is 1. The lowest BCUT2D eigenvalue weighted by Gasteiger charge is -2.32. The molecule has 1 heterocycles. The molecule has 0 aliphatic carbocycles. The average Bonchev–Trinajstić information content (AvgIpc) is 2.78. The van der Waals surface area contributed by atoms with Gasteiger partial charge in [0, 0.05) is 19.5 Å².